The summed E-state index contributed by atoms with van der Waals surface area (Å²) in [6.45, 7) is 3.13. The minimum atomic E-state index is -0.152. The van der Waals surface area contributed by atoms with Crippen LogP contribution in [0.25, 0.3) is 33.4 Å². The Labute approximate surface area is 220 Å². The summed E-state index contributed by atoms with van der Waals surface area (Å²) in [6, 6.07) is 15.8. The number of carbonyl (C=O) groups excluding carboxylic acids is 1. The van der Waals surface area contributed by atoms with Crippen molar-refractivity contribution in [1.82, 2.24) is 5.32 Å². The maximum Gasteiger partial charge on any atom is 0.246 e. The van der Waals surface area contributed by atoms with Gasteiger partial charge in [0.25, 0.3) is 0 Å². The van der Waals surface area contributed by atoms with Gasteiger partial charge in [0.1, 0.15) is 23.7 Å². The fourth-order valence-electron chi connectivity index (χ4n) is 3.79. The Hall–Kier alpha value is -3.99. The van der Waals surface area contributed by atoms with Crippen LogP contribution in [0.3, 0.4) is 0 Å². The van der Waals surface area contributed by atoms with E-state index in [0.717, 1.165) is 45.9 Å². The fourth-order valence-corrected chi connectivity index (χ4v) is 3.79. The first-order valence-corrected chi connectivity index (χ1v) is 11.7. The van der Waals surface area contributed by atoms with Crippen LogP contribution in [0.4, 0.5) is 5.69 Å². The number of aryl methyl sites for hydroxylation is 1. The molecule has 1 aliphatic carbocycles. The predicted octanol–water partition coefficient (Wildman–Crippen LogP) is 3.26. The molecule has 2 aromatic carbocycles. The second-order valence-electron chi connectivity index (χ2n) is 7.69. The van der Waals surface area contributed by atoms with Gasteiger partial charge < -0.3 is 35.7 Å². The summed E-state index contributed by atoms with van der Waals surface area (Å²) in [6.07, 6.45) is 0. The van der Waals surface area contributed by atoms with Crippen molar-refractivity contribution in [1.29, 1.82) is 0 Å². The Bertz CT molecular complexity index is 1370. The second-order valence-corrected chi connectivity index (χ2v) is 7.96. The number of benzene rings is 3. The summed E-state index contributed by atoms with van der Waals surface area (Å²) in [5, 5.41) is 23.8. The number of hydrogen-bond acceptors (Lipinski definition) is 8. The quantitative estimate of drug-likeness (QED) is 0.139. The smallest absolute Gasteiger partial charge is 0.246 e. The van der Waals surface area contributed by atoms with E-state index in [-0.39, 0.29) is 23.7 Å². The molecule has 196 valence electrons. The summed E-state index contributed by atoms with van der Waals surface area (Å²) in [5.41, 5.74) is 10.7. The van der Waals surface area contributed by atoms with Crippen molar-refractivity contribution in [2.45, 2.75) is 6.92 Å². The summed E-state index contributed by atoms with van der Waals surface area (Å²) >= 11 is 4.05. The van der Waals surface area contributed by atoms with E-state index in [1.165, 1.54) is 19.2 Å². The Morgan fingerprint density at radius 1 is 1.08 bits per heavy atom. The lowest BCUT2D eigenvalue weighted by molar-refractivity contribution is -0.124. The molecule has 9 nitrogen and oxygen atoms in total. The van der Waals surface area contributed by atoms with Crippen molar-refractivity contribution in [3.8, 4) is 28.2 Å². The average molecular weight is 526 g/mol. The maximum absolute atomic E-state index is 11.9. The molecule has 0 atom stereocenters. The number of nitrogens with two attached hydrogens (primary N) is 1. The predicted molar refractivity (Wildman–Crippen MR) is 150 cm³/mol. The van der Waals surface area contributed by atoms with Crippen LogP contribution in [0.2, 0.25) is 0 Å². The number of methoxy groups -OCH3 is 1. The number of fused-ring (bicyclic) bond motifs is 2. The highest BCUT2D eigenvalue weighted by Gasteiger charge is 2.19. The molecule has 0 saturated carbocycles. The van der Waals surface area contributed by atoms with E-state index >= 15 is 0 Å². The van der Waals surface area contributed by atoms with Crippen LogP contribution in [-0.2, 0) is 9.53 Å². The van der Waals surface area contributed by atoms with Gasteiger partial charge in [-0.15, -0.1) is 0 Å². The third kappa shape index (κ3) is 7.74. The number of aromatic hydroxyl groups is 1. The number of aliphatic hydroxyl groups excluding tert-OH is 1. The Kier molecular flexibility index (Phi) is 11.5. The molecule has 1 aliphatic heterocycles. The third-order valence-corrected chi connectivity index (χ3v) is 5.22. The molecule has 4 rings (SSSR count). The van der Waals surface area contributed by atoms with Gasteiger partial charge in [-0.05, 0) is 54.4 Å². The van der Waals surface area contributed by atoms with Gasteiger partial charge in [0, 0.05) is 61.6 Å². The lowest BCUT2D eigenvalue weighted by Gasteiger charge is -2.17. The topological polar surface area (TPSA) is 147 Å². The van der Waals surface area contributed by atoms with Gasteiger partial charge in [-0.25, -0.2) is 0 Å². The number of phenols is 1. The highest BCUT2D eigenvalue weighted by Crippen LogP contribution is 2.42. The van der Waals surface area contributed by atoms with E-state index < -0.39 is 0 Å². The largest absolute Gasteiger partial charge is 0.508 e. The molecule has 0 aromatic heterocycles. The van der Waals surface area contributed by atoms with Crippen LogP contribution in [0.1, 0.15) is 5.56 Å². The van der Waals surface area contributed by atoms with Gasteiger partial charge in [-0.3, -0.25) is 9.59 Å². The number of thiocarbonyl (C=S) groups is 1. The van der Waals surface area contributed by atoms with E-state index in [9.17, 15) is 14.7 Å². The molecule has 10 heteroatoms. The molecule has 0 fully saturated rings. The molecule has 1 amide bonds. The number of phenolic OH excluding ortho intramolecular Hbond substituents is 1. The molecule has 6 N–H and O–H groups in total. The van der Waals surface area contributed by atoms with Crippen molar-refractivity contribution < 1.29 is 24.2 Å². The number of ether oxygens (including phenoxy) is 1. The number of hydrogen-bond donors (Lipinski definition) is 5. The molecular formula is C27H31N3O6S. The molecule has 0 unspecified atom stereocenters. The molecule has 37 heavy (non-hydrogen) atoms. The average Bonchev–Trinajstić information content (AvgIpc) is 2.87. The standard InChI is InChI=1S/C25H24N2O5.CH3NS.CH4O/c1-15-11-16(26-9-10-27-24(30)14-31-2)3-6-19(15)25-20-7-4-17(28)12-22(20)32-23-13-18(29)5-8-21(23)25;2-1-3;1-2/h3-8,11-13,26,28H,9-10,14H2,1-2H3,(H,27,30);1H,(H2,2,3);2H,1H3. The van der Waals surface area contributed by atoms with Gasteiger partial charge >= 0.3 is 0 Å². The van der Waals surface area contributed by atoms with Crippen LogP contribution < -0.4 is 21.8 Å². The van der Waals surface area contributed by atoms with Crippen molar-refractivity contribution in [3.63, 3.8) is 0 Å². The highest BCUT2D eigenvalue weighted by atomic mass is 32.1. The first kappa shape index (κ1) is 29.2. The minimum Gasteiger partial charge on any atom is -0.508 e. The van der Waals surface area contributed by atoms with E-state index in [1.54, 1.807) is 18.2 Å². The van der Waals surface area contributed by atoms with Gasteiger partial charge in [-0.2, -0.15) is 0 Å². The van der Waals surface area contributed by atoms with E-state index in [2.05, 4.69) is 28.6 Å². The summed E-state index contributed by atoms with van der Waals surface area (Å²) in [7, 11) is 2.48. The van der Waals surface area contributed by atoms with Gasteiger partial charge in [0.2, 0.25) is 5.91 Å². The summed E-state index contributed by atoms with van der Waals surface area (Å²) in [5.74, 6) is 0.416. The molecular weight excluding hydrogens is 494 g/mol. The second kappa shape index (κ2) is 14.5. The van der Waals surface area contributed by atoms with E-state index in [0.29, 0.717) is 24.4 Å². The van der Waals surface area contributed by atoms with Crippen LogP contribution in [0, 0.1) is 6.92 Å². The monoisotopic (exact) mass is 525 g/mol. The molecule has 1 heterocycles. The van der Waals surface area contributed by atoms with Crippen LogP contribution >= 0.6 is 12.2 Å². The third-order valence-electron chi connectivity index (χ3n) is 5.22. The summed E-state index contributed by atoms with van der Waals surface area (Å²) < 4.78 is 10.7. The van der Waals surface area contributed by atoms with Gasteiger partial charge in [-0.1, -0.05) is 18.3 Å². The van der Waals surface area contributed by atoms with Crippen molar-refractivity contribution >= 4 is 40.3 Å². The number of nitrogens with one attached hydrogen (secondary N) is 2. The Balaban J connectivity index is 0.000000898. The zero-order chi connectivity index (χ0) is 27.4. The normalized spacial score (nSPS) is 10.1. The zero-order valence-corrected chi connectivity index (χ0v) is 21.7. The first-order valence-electron chi connectivity index (χ1n) is 11.3. The number of carbonyl (C=O) groups is 1. The first-order chi connectivity index (χ1) is 17.9. The number of aliphatic hydroxyl groups is 1. The number of anilines is 1. The maximum atomic E-state index is 11.9. The molecule has 2 aromatic rings. The Morgan fingerprint density at radius 3 is 2.46 bits per heavy atom. The van der Waals surface area contributed by atoms with Crippen LogP contribution in [0.5, 0.6) is 5.75 Å². The SMILES string of the molecule is CO.COCC(=O)NCCNc1ccc(-c2c3ccc(=O)cc-3oc3cc(O)ccc23)c(C)c1.NC=S. The molecule has 2 aliphatic rings. The molecule has 0 radical (unpaired) electrons. The summed E-state index contributed by atoms with van der Waals surface area (Å²) in [4.78, 5) is 23.4. The minimum absolute atomic E-state index is 0.0463. The lowest BCUT2D eigenvalue weighted by Crippen LogP contribution is -2.31. The van der Waals surface area contributed by atoms with Crippen LogP contribution in [0.15, 0.2) is 63.8 Å². The lowest BCUT2D eigenvalue weighted by atomic mass is 9.91. The van der Waals surface area contributed by atoms with Crippen LogP contribution in [-0.4, -0.2) is 55.5 Å². The fraction of sp³-hybridized carbons (Fsp3) is 0.222. The highest BCUT2D eigenvalue weighted by molar-refractivity contribution is 7.78. The van der Waals surface area contributed by atoms with E-state index in [1.807, 2.05) is 31.2 Å². The van der Waals surface area contributed by atoms with E-state index in [4.69, 9.17) is 14.3 Å². The van der Waals surface area contributed by atoms with Crippen molar-refractivity contribution in [3.05, 3.63) is 70.4 Å². The zero-order valence-electron chi connectivity index (χ0n) is 20.9. The van der Waals surface area contributed by atoms with Crippen molar-refractivity contribution in [2.75, 3.05) is 39.2 Å². The molecule has 0 bridgehead atoms. The number of amides is 1. The van der Waals surface area contributed by atoms with Crippen molar-refractivity contribution in [2.24, 2.45) is 5.73 Å². The molecule has 0 spiro atoms. The van der Waals surface area contributed by atoms with Gasteiger partial charge in [0.15, 0.2) is 5.43 Å². The molecule has 0 saturated heterocycles. The Morgan fingerprint density at radius 2 is 1.78 bits per heavy atom. The number of rotatable bonds is 7. The van der Waals surface area contributed by atoms with Gasteiger partial charge in [0.05, 0.1) is 5.49 Å².